The molecule has 1 N–H and O–H groups in total. The number of aromatic nitrogens is 4. The number of sulfonamides is 1. The van der Waals surface area contributed by atoms with Crippen molar-refractivity contribution in [3.63, 3.8) is 0 Å². The number of hydrogen-bond acceptors (Lipinski definition) is 8. The molecule has 9 nitrogen and oxygen atoms in total. The molecule has 11 heteroatoms. The molecule has 1 fully saturated rings. The molecule has 0 aliphatic carbocycles. The molecule has 0 amide bonds. The van der Waals surface area contributed by atoms with Gasteiger partial charge >= 0.3 is 0 Å². The van der Waals surface area contributed by atoms with Gasteiger partial charge in [-0.05, 0) is 37.4 Å². The number of benzene rings is 1. The maximum Gasteiger partial charge on any atom is 0.263 e. The van der Waals surface area contributed by atoms with Crippen LogP contribution in [0.2, 0.25) is 0 Å². The van der Waals surface area contributed by atoms with Gasteiger partial charge in [-0.3, -0.25) is 14.3 Å². The lowest BCUT2D eigenvalue weighted by atomic mass is 9.87. The van der Waals surface area contributed by atoms with Crippen LogP contribution in [0.3, 0.4) is 0 Å². The molecular formula is C21H26N6O3S2. The molecule has 1 aromatic carbocycles. The summed E-state index contributed by atoms with van der Waals surface area (Å²) in [4.78, 5) is 6.61. The summed E-state index contributed by atoms with van der Waals surface area (Å²) < 4.78 is 39.8. The van der Waals surface area contributed by atoms with Crippen LogP contribution in [0.4, 0.5) is 5.13 Å². The summed E-state index contributed by atoms with van der Waals surface area (Å²) in [5.41, 5.74) is 2.25. The average Bonchev–Trinajstić information content (AvgIpc) is 3.44. The van der Waals surface area contributed by atoms with Crippen LogP contribution in [0.25, 0.3) is 0 Å². The van der Waals surface area contributed by atoms with Crippen LogP contribution >= 0.6 is 11.5 Å². The average molecular weight is 475 g/mol. The number of likely N-dealkylation sites (tertiary alicyclic amines) is 1. The zero-order valence-electron chi connectivity index (χ0n) is 18.0. The second kappa shape index (κ2) is 8.45. The lowest BCUT2D eigenvalue weighted by Gasteiger charge is -2.45. The second-order valence-corrected chi connectivity index (χ2v) is 10.9. The molecule has 32 heavy (non-hydrogen) atoms. The Kier molecular flexibility index (Phi) is 5.64. The number of nitrogens with zero attached hydrogens (tertiary/aromatic N) is 5. The van der Waals surface area contributed by atoms with Crippen molar-refractivity contribution in [3.8, 4) is 5.75 Å². The standard InChI is InChI=1S/C21H26N6O3S2/c1-14-6-9-27(19(11-14)18-5-8-23-26(18)2)17-7-10-30-20-12-15(3-4-16(17)20)32(28,29)25-21-22-13-24-31-21/h3-5,8,12-14,17,19H,6-7,9-11H2,1-2H3,(H,22,24,25)/t14-,17-,19+/m0/s1. The molecule has 2 aromatic heterocycles. The van der Waals surface area contributed by atoms with Crippen LogP contribution in [0.1, 0.15) is 49.5 Å². The van der Waals surface area contributed by atoms with Gasteiger partial charge in [-0.15, -0.1) is 0 Å². The molecule has 3 aromatic rings. The first-order valence-electron chi connectivity index (χ1n) is 10.7. The molecule has 2 aliphatic heterocycles. The van der Waals surface area contributed by atoms with Gasteiger partial charge in [0.25, 0.3) is 10.0 Å². The molecule has 170 valence electrons. The molecule has 0 radical (unpaired) electrons. The van der Waals surface area contributed by atoms with E-state index in [0.717, 1.165) is 42.9 Å². The largest absolute Gasteiger partial charge is 0.493 e. The molecule has 0 saturated carbocycles. The predicted molar refractivity (Wildman–Crippen MR) is 121 cm³/mol. The van der Waals surface area contributed by atoms with Crippen molar-refractivity contribution in [1.29, 1.82) is 0 Å². The Morgan fingerprint density at radius 2 is 2.09 bits per heavy atom. The third kappa shape index (κ3) is 4.00. The molecule has 5 rings (SSSR count). The van der Waals surface area contributed by atoms with Gasteiger partial charge in [0.2, 0.25) is 5.13 Å². The lowest BCUT2D eigenvalue weighted by molar-refractivity contribution is 0.0450. The van der Waals surface area contributed by atoms with E-state index < -0.39 is 10.0 Å². The van der Waals surface area contributed by atoms with Crippen LogP contribution in [-0.2, 0) is 17.1 Å². The predicted octanol–water partition coefficient (Wildman–Crippen LogP) is 3.37. The third-order valence-electron chi connectivity index (χ3n) is 6.39. The van der Waals surface area contributed by atoms with Crippen LogP contribution in [-0.4, -0.2) is 45.6 Å². The summed E-state index contributed by atoms with van der Waals surface area (Å²) in [5.74, 6) is 1.27. The minimum atomic E-state index is -3.77. The zero-order valence-corrected chi connectivity index (χ0v) is 19.6. The maximum atomic E-state index is 12.8. The number of fused-ring (bicyclic) bond motifs is 1. The maximum absolute atomic E-state index is 12.8. The molecule has 0 bridgehead atoms. The molecule has 3 atom stereocenters. The highest BCUT2D eigenvalue weighted by molar-refractivity contribution is 7.93. The summed E-state index contributed by atoms with van der Waals surface area (Å²) in [5, 5.41) is 4.63. The highest BCUT2D eigenvalue weighted by Gasteiger charge is 2.37. The summed E-state index contributed by atoms with van der Waals surface area (Å²) >= 11 is 0.996. The van der Waals surface area contributed by atoms with Crippen LogP contribution in [0.15, 0.2) is 41.7 Å². The number of anilines is 1. The fourth-order valence-corrected chi connectivity index (χ4v) is 6.47. The zero-order chi connectivity index (χ0) is 22.3. The fraction of sp³-hybridized carbons (Fsp3) is 0.476. The highest BCUT2D eigenvalue weighted by atomic mass is 32.2. The van der Waals surface area contributed by atoms with E-state index in [-0.39, 0.29) is 22.1 Å². The van der Waals surface area contributed by atoms with Crippen LogP contribution in [0, 0.1) is 5.92 Å². The molecule has 0 unspecified atom stereocenters. The lowest BCUT2D eigenvalue weighted by Crippen LogP contribution is -2.41. The Morgan fingerprint density at radius 1 is 1.22 bits per heavy atom. The monoisotopic (exact) mass is 474 g/mol. The number of ether oxygens (including phenoxy) is 1. The van der Waals surface area contributed by atoms with Gasteiger partial charge in [0.1, 0.15) is 12.1 Å². The van der Waals surface area contributed by atoms with Crippen molar-refractivity contribution in [2.45, 2.75) is 43.2 Å². The first kappa shape index (κ1) is 21.4. The Labute approximate surface area is 191 Å². The van der Waals surface area contributed by atoms with Gasteiger partial charge in [-0.1, -0.05) is 13.0 Å². The first-order chi connectivity index (χ1) is 15.4. The van der Waals surface area contributed by atoms with E-state index in [4.69, 9.17) is 4.74 Å². The van der Waals surface area contributed by atoms with E-state index >= 15 is 0 Å². The molecule has 0 spiro atoms. The Balaban J connectivity index is 1.46. The number of hydrogen-bond donors (Lipinski definition) is 1. The summed E-state index contributed by atoms with van der Waals surface area (Å²) in [7, 11) is -1.77. The fourth-order valence-electron chi connectivity index (χ4n) is 4.79. The molecule has 1 saturated heterocycles. The van der Waals surface area contributed by atoms with E-state index in [0.29, 0.717) is 18.3 Å². The SMILES string of the molecule is C[C@H]1CCN([C@H]2CCOc3cc(S(=O)(=O)Nc4ncns4)ccc32)[C@@H](c2ccnn2C)C1. The number of aryl methyl sites for hydroxylation is 1. The van der Waals surface area contributed by atoms with E-state index in [9.17, 15) is 8.42 Å². The van der Waals surface area contributed by atoms with E-state index in [1.165, 1.54) is 12.0 Å². The number of rotatable bonds is 5. The Hall–Kier alpha value is -2.50. The van der Waals surface area contributed by atoms with Gasteiger partial charge in [-0.25, -0.2) is 13.4 Å². The minimum Gasteiger partial charge on any atom is -0.493 e. The first-order valence-corrected chi connectivity index (χ1v) is 13.0. The van der Waals surface area contributed by atoms with Gasteiger partial charge < -0.3 is 4.74 Å². The van der Waals surface area contributed by atoms with Crippen molar-refractivity contribution in [3.05, 3.63) is 48.0 Å². The third-order valence-corrected chi connectivity index (χ3v) is 8.44. The summed E-state index contributed by atoms with van der Waals surface area (Å²) in [6, 6.07) is 7.70. The quantitative estimate of drug-likeness (QED) is 0.605. The molecule has 4 heterocycles. The normalized spacial score (nSPS) is 24.0. The number of nitrogens with one attached hydrogen (secondary N) is 1. The van der Waals surface area contributed by atoms with Gasteiger partial charge in [0, 0.05) is 48.9 Å². The Bertz CT molecular complexity index is 1190. The number of piperidine rings is 1. The van der Waals surface area contributed by atoms with Crippen molar-refractivity contribution >= 4 is 26.7 Å². The second-order valence-electron chi connectivity index (χ2n) is 8.47. The summed E-state index contributed by atoms with van der Waals surface area (Å²) in [6.45, 7) is 3.84. The van der Waals surface area contributed by atoms with E-state index in [1.807, 2.05) is 24.0 Å². The van der Waals surface area contributed by atoms with Gasteiger partial charge in [0.05, 0.1) is 23.2 Å². The summed E-state index contributed by atoms with van der Waals surface area (Å²) in [6.07, 6.45) is 6.25. The van der Waals surface area contributed by atoms with Crippen molar-refractivity contribution in [1.82, 2.24) is 24.0 Å². The van der Waals surface area contributed by atoms with Gasteiger partial charge in [-0.2, -0.15) is 9.47 Å². The van der Waals surface area contributed by atoms with Gasteiger partial charge in [0.15, 0.2) is 0 Å². The topological polar surface area (TPSA) is 102 Å². The van der Waals surface area contributed by atoms with E-state index in [2.05, 4.69) is 37.1 Å². The molecular weight excluding hydrogens is 448 g/mol. The van der Waals surface area contributed by atoms with Crippen LogP contribution in [0.5, 0.6) is 5.75 Å². The smallest absolute Gasteiger partial charge is 0.263 e. The van der Waals surface area contributed by atoms with Crippen molar-refractivity contribution in [2.75, 3.05) is 17.9 Å². The highest BCUT2D eigenvalue weighted by Crippen LogP contribution is 2.45. The van der Waals surface area contributed by atoms with E-state index in [1.54, 1.807) is 12.1 Å². The Morgan fingerprint density at radius 3 is 2.84 bits per heavy atom. The molecule has 2 aliphatic rings. The van der Waals surface area contributed by atoms with Crippen LogP contribution < -0.4 is 9.46 Å². The van der Waals surface area contributed by atoms with Crippen molar-refractivity contribution < 1.29 is 13.2 Å². The minimum absolute atomic E-state index is 0.155. The van der Waals surface area contributed by atoms with Crippen molar-refractivity contribution in [2.24, 2.45) is 13.0 Å².